The van der Waals surface area contributed by atoms with Gasteiger partial charge in [0, 0.05) is 13.1 Å². The minimum Gasteiger partial charge on any atom is -0.379 e. The maximum atomic E-state index is 12.4. The Balaban J connectivity index is 1.75. The Morgan fingerprint density at radius 1 is 1.12 bits per heavy atom. The van der Waals surface area contributed by atoms with Crippen LogP contribution in [0.2, 0.25) is 0 Å². The van der Waals surface area contributed by atoms with Crippen molar-refractivity contribution < 1.29 is 22.1 Å². The number of aryl methyl sites for hydroxylation is 1. The van der Waals surface area contributed by atoms with Crippen LogP contribution >= 0.6 is 0 Å². The van der Waals surface area contributed by atoms with E-state index in [2.05, 4.69) is 0 Å². The van der Waals surface area contributed by atoms with E-state index in [1.165, 1.54) is 24.3 Å². The fourth-order valence-corrected chi connectivity index (χ4v) is 3.69. The predicted molar refractivity (Wildman–Crippen MR) is 96.4 cm³/mol. The summed E-state index contributed by atoms with van der Waals surface area (Å²) in [5, 5.41) is 0. The summed E-state index contributed by atoms with van der Waals surface area (Å²) in [6.07, 6.45) is -0.661. The Labute approximate surface area is 153 Å². The van der Waals surface area contributed by atoms with Gasteiger partial charge in [-0.25, -0.2) is 0 Å². The van der Waals surface area contributed by atoms with E-state index in [9.17, 15) is 13.2 Å². The molecule has 0 spiro atoms. The van der Waals surface area contributed by atoms with Crippen LogP contribution < -0.4 is 4.18 Å². The zero-order valence-corrected chi connectivity index (χ0v) is 15.5. The van der Waals surface area contributed by atoms with Gasteiger partial charge in [-0.05, 0) is 43.7 Å². The lowest BCUT2D eigenvalue weighted by Crippen LogP contribution is -2.43. The van der Waals surface area contributed by atoms with Crippen LogP contribution in [-0.4, -0.2) is 38.9 Å². The van der Waals surface area contributed by atoms with Gasteiger partial charge in [0.15, 0.2) is 6.10 Å². The van der Waals surface area contributed by atoms with E-state index in [0.29, 0.717) is 25.3 Å². The van der Waals surface area contributed by atoms with E-state index in [1.807, 2.05) is 13.8 Å². The Kier molecular flexibility index (Phi) is 5.29. The second kappa shape index (κ2) is 7.47. The third-order valence-corrected chi connectivity index (χ3v) is 5.52. The fourth-order valence-electron chi connectivity index (χ4n) is 2.76. The van der Waals surface area contributed by atoms with Crippen LogP contribution in [-0.2, 0) is 19.6 Å². The largest absolute Gasteiger partial charge is 0.379 e. The molecule has 1 fully saturated rings. The summed E-state index contributed by atoms with van der Waals surface area (Å²) in [6, 6.07) is 12.8. The van der Waals surface area contributed by atoms with E-state index in [-0.39, 0.29) is 16.6 Å². The van der Waals surface area contributed by atoms with Gasteiger partial charge in [-0.15, -0.1) is 0 Å². The van der Waals surface area contributed by atoms with E-state index >= 15 is 0 Å². The molecule has 1 aliphatic heterocycles. The van der Waals surface area contributed by atoms with Gasteiger partial charge in [0.25, 0.3) is 5.91 Å². The monoisotopic (exact) mass is 375 g/mol. The van der Waals surface area contributed by atoms with E-state index in [1.54, 1.807) is 29.2 Å². The number of rotatable bonds is 5. The van der Waals surface area contributed by atoms with Crippen molar-refractivity contribution >= 4 is 16.0 Å². The van der Waals surface area contributed by atoms with E-state index < -0.39 is 16.2 Å². The molecule has 0 aliphatic carbocycles. The van der Waals surface area contributed by atoms with Gasteiger partial charge in [0.1, 0.15) is 10.6 Å². The molecule has 0 bridgehead atoms. The SMILES string of the molecule is CCN1CCOC(c2ccc(OS(=O)(=O)c3ccc(C)cc3)cc2)C1=O. The lowest BCUT2D eigenvalue weighted by molar-refractivity contribution is -0.153. The molecule has 0 N–H and O–H groups in total. The van der Waals surface area contributed by atoms with Gasteiger partial charge in [0.05, 0.1) is 6.61 Å². The Hall–Kier alpha value is -2.38. The van der Waals surface area contributed by atoms with Crippen molar-refractivity contribution in [2.45, 2.75) is 24.8 Å². The van der Waals surface area contributed by atoms with Crippen LogP contribution in [0.5, 0.6) is 5.75 Å². The number of hydrogen-bond acceptors (Lipinski definition) is 5. The molecule has 1 saturated heterocycles. The van der Waals surface area contributed by atoms with Crippen molar-refractivity contribution in [3.05, 3.63) is 59.7 Å². The van der Waals surface area contributed by atoms with Crippen LogP contribution in [0.15, 0.2) is 53.4 Å². The third kappa shape index (κ3) is 3.89. The summed E-state index contributed by atoms with van der Waals surface area (Å²) in [5.41, 5.74) is 1.64. The zero-order chi connectivity index (χ0) is 18.7. The van der Waals surface area contributed by atoms with Crippen LogP contribution in [0.3, 0.4) is 0 Å². The standard InChI is InChI=1S/C19H21NO5S/c1-3-20-12-13-24-18(19(20)21)15-6-8-16(9-7-15)25-26(22,23)17-10-4-14(2)5-11-17/h4-11,18H,3,12-13H2,1-2H3. The highest BCUT2D eigenvalue weighted by Crippen LogP contribution is 2.26. The van der Waals surface area contributed by atoms with Crippen LogP contribution in [0.4, 0.5) is 0 Å². The van der Waals surface area contributed by atoms with Crippen molar-refractivity contribution in [1.29, 1.82) is 0 Å². The Bertz CT molecular complexity index is 875. The number of morpholine rings is 1. The van der Waals surface area contributed by atoms with Gasteiger partial charge >= 0.3 is 10.1 Å². The fraction of sp³-hybridized carbons (Fsp3) is 0.316. The van der Waals surface area contributed by atoms with Gasteiger partial charge in [-0.2, -0.15) is 8.42 Å². The maximum Gasteiger partial charge on any atom is 0.339 e. The van der Waals surface area contributed by atoms with Gasteiger partial charge in [0.2, 0.25) is 0 Å². The molecule has 2 aromatic carbocycles. The average Bonchev–Trinajstić information content (AvgIpc) is 2.63. The van der Waals surface area contributed by atoms with E-state index in [4.69, 9.17) is 8.92 Å². The van der Waals surface area contributed by atoms with Gasteiger partial charge < -0.3 is 13.8 Å². The minimum absolute atomic E-state index is 0.0836. The highest BCUT2D eigenvalue weighted by Gasteiger charge is 2.30. The number of carbonyl (C=O) groups is 1. The number of likely N-dealkylation sites (N-methyl/N-ethyl adjacent to an activating group) is 1. The molecular weight excluding hydrogens is 354 g/mol. The van der Waals surface area contributed by atoms with Crippen LogP contribution in [0.1, 0.15) is 24.2 Å². The molecular formula is C19H21NO5S. The summed E-state index contributed by atoms with van der Waals surface area (Å²) < 4.78 is 35.4. The smallest absolute Gasteiger partial charge is 0.339 e. The summed E-state index contributed by atoms with van der Waals surface area (Å²) >= 11 is 0. The van der Waals surface area contributed by atoms with Crippen molar-refractivity contribution in [3.8, 4) is 5.75 Å². The average molecular weight is 375 g/mol. The molecule has 0 saturated carbocycles. The lowest BCUT2D eigenvalue weighted by Gasteiger charge is -2.31. The zero-order valence-electron chi connectivity index (χ0n) is 14.7. The number of hydrogen-bond donors (Lipinski definition) is 0. The lowest BCUT2D eigenvalue weighted by atomic mass is 10.1. The molecule has 1 unspecified atom stereocenters. The molecule has 26 heavy (non-hydrogen) atoms. The predicted octanol–water partition coefficient (Wildman–Crippen LogP) is 2.68. The molecule has 0 radical (unpaired) electrons. The number of amides is 1. The number of ether oxygens (including phenoxy) is 1. The summed E-state index contributed by atoms with van der Waals surface area (Å²) in [7, 11) is -3.90. The van der Waals surface area contributed by atoms with Gasteiger partial charge in [-0.1, -0.05) is 29.8 Å². The topological polar surface area (TPSA) is 72.9 Å². The molecule has 3 rings (SSSR count). The Morgan fingerprint density at radius 3 is 2.38 bits per heavy atom. The second-order valence-corrected chi connectivity index (χ2v) is 7.63. The highest BCUT2D eigenvalue weighted by atomic mass is 32.2. The summed E-state index contributed by atoms with van der Waals surface area (Å²) in [6.45, 7) is 5.50. The maximum absolute atomic E-state index is 12.4. The number of nitrogens with zero attached hydrogens (tertiary/aromatic N) is 1. The highest BCUT2D eigenvalue weighted by molar-refractivity contribution is 7.87. The minimum atomic E-state index is -3.90. The molecule has 2 aromatic rings. The number of carbonyl (C=O) groups excluding carboxylic acids is 1. The molecule has 6 nitrogen and oxygen atoms in total. The first-order valence-electron chi connectivity index (χ1n) is 8.42. The molecule has 7 heteroatoms. The normalized spacial score (nSPS) is 18.0. The molecule has 0 aromatic heterocycles. The van der Waals surface area contributed by atoms with Crippen LogP contribution in [0.25, 0.3) is 0 Å². The first-order valence-corrected chi connectivity index (χ1v) is 9.83. The second-order valence-electron chi connectivity index (χ2n) is 6.09. The molecule has 1 heterocycles. The van der Waals surface area contributed by atoms with Crippen molar-refractivity contribution in [3.63, 3.8) is 0 Å². The first-order chi connectivity index (χ1) is 12.4. The first kappa shape index (κ1) is 18.4. The summed E-state index contributed by atoms with van der Waals surface area (Å²) in [5.74, 6) is 0.102. The molecule has 1 aliphatic rings. The van der Waals surface area contributed by atoms with Gasteiger partial charge in [-0.3, -0.25) is 4.79 Å². The quantitative estimate of drug-likeness (QED) is 0.752. The van der Waals surface area contributed by atoms with Crippen molar-refractivity contribution in [2.75, 3.05) is 19.7 Å². The summed E-state index contributed by atoms with van der Waals surface area (Å²) in [4.78, 5) is 14.2. The van der Waals surface area contributed by atoms with Crippen LogP contribution in [0, 0.1) is 6.92 Å². The molecule has 1 atom stereocenters. The van der Waals surface area contributed by atoms with E-state index in [0.717, 1.165) is 5.56 Å². The van der Waals surface area contributed by atoms with Crippen molar-refractivity contribution in [2.24, 2.45) is 0 Å². The molecule has 1 amide bonds. The Morgan fingerprint density at radius 2 is 1.77 bits per heavy atom. The number of benzene rings is 2. The molecule has 138 valence electrons. The third-order valence-electron chi connectivity index (χ3n) is 4.26. The van der Waals surface area contributed by atoms with Crippen molar-refractivity contribution in [1.82, 2.24) is 4.90 Å².